The summed E-state index contributed by atoms with van der Waals surface area (Å²) in [7, 11) is 0. The first kappa shape index (κ1) is 13.2. The maximum Gasteiger partial charge on any atom is 0.330 e. The van der Waals surface area contributed by atoms with Crippen molar-refractivity contribution in [1.82, 2.24) is 0 Å². The van der Waals surface area contributed by atoms with Gasteiger partial charge in [-0.05, 0) is 68.1 Å². The summed E-state index contributed by atoms with van der Waals surface area (Å²) in [4.78, 5) is 11.9. The minimum absolute atomic E-state index is 0.174. The van der Waals surface area contributed by atoms with Gasteiger partial charge < -0.3 is 4.74 Å². The van der Waals surface area contributed by atoms with Crippen LogP contribution < -0.4 is 0 Å². The van der Waals surface area contributed by atoms with E-state index in [4.69, 9.17) is 4.74 Å². The molecular weight excluding hydrogens is 236 g/mol. The van der Waals surface area contributed by atoms with Crippen LogP contribution in [-0.2, 0) is 9.53 Å². The van der Waals surface area contributed by atoms with Crippen LogP contribution >= 0.6 is 0 Å². The van der Waals surface area contributed by atoms with E-state index in [1.165, 1.54) is 38.2 Å². The summed E-state index contributed by atoms with van der Waals surface area (Å²) in [5.74, 6) is 3.39. The van der Waals surface area contributed by atoms with E-state index in [0.29, 0.717) is 17.8 Å². The van der Waals surface area contributed by atoms with Gasteiger partial charge in [-0.15, -0.1) is 0 Å². The molecule has 0 spiro atoms. The second kappa shape index (κ2) is 4.64. The van der Waals surface area contributed by atoms with Crippen molar-refractivity contribution in [2.75, 3.05) is 0 Å². The van der Waals surface area contributed by atoms with E-state index in [2.05, 4.69) is 20.4 Å². The molecule has 4 bridgehead atoms. The van der Waals surface area contributed by atoms with Crippen molar-refractivity contribution >= 4 is 5.97 Å². The molecule has 0 amide bonds. The number of hydrogen-bond donors (Lipinski definition) is 0. The lowest BCUT2D eigenvalue weighted by atomic mass is 9.48. The highest BCUT2D eigenvalue weighted by atomic mass is 16.6. The SMILES string of the molecule is C=CC(=O)OC1(CC(C)C)C2CC3CC(C2)CC1C3. The molecule has 0 aromatic carbocycles. The first-order valence-electron chi connectivity index (χ1n) is 7.89. The molecule has 0 heterocycles. The number of esters is 1. The summed E-state index contributed by atoms with van der Waals surface area (Å²) in [6.07, 6.45) is 8.93. The van der Waals surface area contributed by atoms with Gasteiger partial charge in [0.1, 0.15) is 5.60 Å². The molecule has 2 nitrogen and oxygen atoms in total. The summed E-state index contributed by atoms with van der Waals surface area (Å²) in [6, 6.07) is 0. The highest BCUT2D eigenvalue weighted by Crippen LogP contribution is 2.61. The molecule has 0 aliphatic heterocycles. The maximum absolute atomic E-state index is 11.9. The Labute approximate surface area is 116 Å². The van der Waals surface area contributed by atoms with Crippen LogP contribution in [0.2, 0.25) is 0 Å². The van der Waals surface area contributed by atoms with Crippen LogP contribution in [0.25, 0.3) is 0 Å². The van der Waals surface area contributed by atoms with Gasteiger partial charge in [0.25, 0.3) is 0 Å². The number of carbonyl (C=O) groups is 1. The van der Waals surface area contributed by atoms with Crippen LogP contribution in [0.5, 0.6) is 0 Å². The standard InChI is InChI=1S/C17H26O2/c1-4-16(18)19-17(10-11(2)3)14-6-12-5-13(8-14)9-15(17)7-12/h4,11-15H,1,5-10H2,2-3H3. The van der Waals surface area contributed by atoms with Crippen LogP contribution in [0.1, 0.15) is 52.4 Å². The maximum atomic E-state index is 11.9. The van der Waals surface area contributed by atoms with Crippen LogP contribution in [0.4, 0.5) is 0 Å². The van der Waals surface area contributed by atoms with Gasteiger partial charge in [0.2, 0.25) is 0 Å². The fraction of sp³-hybridized carbons (Fsp3) is 0.824. The van der Waals surface area contributed by atoms with Crippen molar-refractivity contribution in [3.8, 4) is 0 Å². The Morgan fingerprint density at radius 2 is 1.74 bits per heavy atom. The lowest BCUT2D eigenvalue weighted by Gasteiger charge is -2.60. The van der Waals surface area contributed by atoms with Crippen LogP contribution in [0.3, 0.4) is 0 Å². The molecule has 2 heteroatoms. The lowest BCUT2D eigenvalue weighted by Crippen LogP contribution is -2.60. The Hall–Kier alpha value is -0.790. The summed E-state index contributed by atoms with van der Waals surface area (Å²) >= 11 is 0. The summed E-state index contributed by atoms with van der Waals surface area (Å²) in [5, 5.41) is 0. The van der Waals surface area contributed by atoms with Crippen molar-refractivity contribution in [2.24, 2.45) is 29.6 Å². The summed E-state index contributed by atoms with van der Waals surface area (Å²) in [5.41, 5.74) is -0.174. The third kappa shape index (κ3) is 2.13. The Bertz CT molecular complexity index is 355. The molecule has 106 valence electrons. The van der Waals surface area contributed by atoms with Gasteiger partial charge in [-0.25, -0.2) is 4.79 Å². The van der Waals surface area contributed by atoms with Crippen LogP contribution in [0.15, 0.2) is 12.7 Å². The molecule has 0 aromatic heterocycles. The van der Waals surface area contributed by atoms with Gasteiger partial charge >= 0.3 is 5.97 Å². The third-order valence-electron chi connectivity index (χ3n) is 5.70. The van der Waals surface area contributed by atoms with E-state index in [1.807, 2.05) is 0 Å². The lowest BCUT2D eigenvalue weighted by molar-refractivity contribution is -0.210. The molecule has 0 atom stereocenters. The number of carbonyl (C=O) groups excluding carboxylic acids is 1. The van der Waals surface area contributed by atoms with Crippen molar-refractivity contribution in [1.29, 1.82) is 0 Å². The van der Waals surface area contributed by atoms with Crippen molar-refractivity contribution in [3.63, 3.8) is 0 Å². The molecule has 4 rings (SSSR count). The Morgan fingerprint density at radius 1 is 1.21 bits per heavy atom. The van der Waals surface area contributed by atoms with E-state index in [-0.39, 0.29) is 11.6 Å². The second-order valence-electron chi connectivity index (χ2n) is 7.48. The second-order valence-corrected chi connectivity index (χ2v) is 7.48. The highest BCUT2D eigenvalue weighted by Gasteiger charge is 2.59. The first-order valence-corrected chi connectivity index (χ1v) is 7.89. The van der Waals surface area contributed by atoms with E-state index >= 15 is 0 Å². The van der Waals surface area contributed by atoms with E-state index in [9.17, 15) is 4.79 Å². The molecule has 0 aromatic rings. The van der Waals surface area contributed by atoms with Gasteiger partial charge in [0, 0.05) is 6.08 Å². The van der Waals surface area contributed by atoms with Crippen molar-refractivity contribution < 1.29 is 9.53 Å². The van der Waals surface area contributed by atoms with E-state index in [0.717, 1.165) is 18.3 Å². The average Bonchev–Trinajstić information content (AvgIpc) is 2.34. The zero-order chi connectivity index (χ0) is 13.6. The molecular formula is C17H26O2. The van der Waals surface area contributed by atoms with E-state index < -0.39 is 0 Å². The topological polar surface area (TPSA) is 26.3 Å². The Morgan fingerprint density at radius 3 is 2.16 bits per heavy atom. The molecule has 0 unspecified atom stereocenters. The third-order valence-corrected chi connectivity index (χ3v) is 5.70. The smallest absolute Gasteiger partial charge is 0.330 e. The molecule has 4 aliphatic rings. The zero-order valence-electron chi connectivity index (χ0n) is 12.2. The fourth-order valence-electron chi connectivity index (χ4n) is 5.39. The van der Waals surface area contributed by atoms with E-state index in [1.54, 1.807) is 0 Å². The highest BCUT2D eigenvalue weighted by molar-refractivity contribution is 5.81. The molecule has 4 saturated carbocycles. The Balaban J connectivity index is 1.90. The molecule has 4 fully saturated rings. The molecule has 0 saturated heterocycles. The van der Waals surface area contributed by atoms with Crippen molar-refractivity contribution in [3.05, 3.63) is 12.7 Å². The van der Waals surface area contributed by atoms with Gasteiger partial charge in [0.05, 0.1) is 0 Å². The average molecular weight is 262 g/mol. The van der Waals surface area contributed by atoms with Gasteiger partial charge in [-0.3, -0.25) is 0 Å². The predicted octanol–water partition coefficient (Wildman–Crippen LogP) is 3.96. The summed E-state index contributed by atoms with van der Waals surface area (Å²) < 4.78 is 6.02. The van der Waals surface area contributed by atoms with Gasteiger partial charge in [-0.1, -0.05) is 20.4 Å². The fourth-order valence-corrected chi connectivity index (χ4v) is 5.39. The number of hydrogen-bond acceptors (Lipinski definition) is 2. The monoisotopic (exact) mass is 262 g/mol. The van der Waals surface area contributed by atoms with Gasteiger partial charge in [-0.2, -0.15) is 0 Å². The first-order chi connectivity index (χ1) is 9.03. The quantitative estimate of drug-likeness (QED) is 0.566. The minimum Gasteiger partial charge on any atom is -0.455 e. The molecule has 0 N–H and O–H groups in total. The minimum atomic E-state index is -0.215. The van der Waals surface area contributed by atoms with Crippen LogP contribution in [0, 0.1) is 29.6 Å². The van der Waals surface area contributed by atoms with Gasteiger partial charge in [0.15, 0.2) is 0 Å². The Kier molecular flexibility index (Phi) is 3.23. The van der Waals surface area contributed by atoms with Crippen molar-refractivity contribution in [2.45, 2.75) is 58.0 Å². The van der Waals surface area contributed by atoms with Crippen LogP contribution in [-0.4, -0.2) is 11.6 Å². The zero-order valence-corrected chi connectivity index (χ0v) is 12.2. The molecule has 4 aliphatic carbocycles. The summed E-state index contributed by atoms with van der Waals surface area (Å²) in [6.45, 7) is 8.07. The molecule has 19 heavy (non-hydrogen) atoms. The predicted molar refractivity (Wildman–Crippen MR) is 75.5 cm³/mol. The largest absolute Gasteiger partial charge is 0.455 e. The number of ether oxygens (including phenoxy) is 1. The molecule has 0 radical (unpaired) electrons. The normalized spacial score (nSPS) is 43.5. The number of rotatable bonds is 4.